The summed E-state index contributed by atoms with van der Waals surface area (Å²) in [5.41, 5.74) is 2.46. The van der Waals surface area contributed by atoms with Crippen molar-refractivity contribution in [2.45, 2.75) is 37.8 Å². The Hall–Kier alpha value is -1.42. The maximum absolute atomic E-state index is 12.7. The summed E-state index contributed by atoms with van der Waals surface area (Å²) < 4.78 is 5.37. The average Bonchev–Trinajstić information content (AvgIpc) is 3.06. The van der Waals surface area contributed by atoms with Crippen molar-refractivity contribution in [2.24, 2.45) is 5.92 Å². The van der Waals surface area contributed by atoms with Crippen molar-refractivity contribution in [3.05, 3.63) is 29.6 Å². The molecule has 0 aromatic carbocycles. The Balaban J connectivity index is 1.66. The Morgan fingerprint density at radius 1 is 1.37 bits per heavy atom. The molecular weight excluding hydrogens is 240 g/mol. The molecule has 0 spiro atoms. The third-order valence-corrected chi connectivity index (χ3v) is 4.75. The zero-order chi connectivity index (χ0) is 12.8. The number of carbonyl (C=O) groups excluding carboxylic acids is 1. The molecule has 3 aliphatic heterocycles. The van der Waals surface area contributed by atoms with E-state index in [0.717, 1.165) is 32.3 Å². The SMILES string of the molecule is O=C([C@@H]1CCOC1)N1[C@@H]2CC[C@H]1c1cccnc1C2. The topological polar surface area (TPSA) is 42.4 Å². The molecule has 2 saturated heterocycles. The van der Waals surface area contributed by atoms with E-state index in [-0.39, 0.29) is 12.0 Å². The number of hydrogen-bond acceptors (Lipinski definition) is 3. The van der Waals surface area contributed by atoms with Crippen LogP contribution in [0.4, 0.5) is 0 Å². The quantitative estimate of drug-likeness (QED) is 0.770. The number of rotatable bonds is 1. The highest BCUT2D eigenvalue weighted by Crippen LogP contribution is 2.44. The van der Waals surface area contributed by atoms with E-state index in [1.54, 1.807) is 0 Å². The Morgan fingerprint density at radius 3 is 3.16 bits per heavy atom. The lowest BCUT2D eigenvalue weighted by atomic mass is 9.95. The molecule has 4 heteroatoms. The lowest BCUT2D eigenvalue weighted by Gasteiger charge is -2.37. The predicted molar refractivity (Wildman–Crippen MR) is 69.5 cm³/mol. The third kappa shape index (κ3) is 1.70. The Labute approximate surface area is 112 Å². The maximum atomic E-state index is 12.7. The molecule has 2 fully saturated rings. The third-order valence-electron chi connectivity index (χ3n) is 4.75. The van der Waals surface area contributed by atoms with Crippen LogP contribution in [0.15, 0.2) is 18.3 Å². The van der Waals surface area contributed by atoms with Gasteiger partial charge >= 0.3 is 0 Å². The van der Waals surface area contributed by atoms with Crippen molar-refractivity contribution in [3.8, 4) is 0 Å². The van der Waals surface area contributed by atoms with Crippen molar-refractivity contribution >= 4 is 5.91 Å². The fourth-order valence-corrected chi connectivity index (χ4v) is 3.81. The van der Waals surface area contributed by atoms with Crippen LogP contribution in [0, 0.1) is 5.92 Å². The lowest BCUT2D eigenvalue weighted by molar-refractivity contribution is -0.139. The summed E-state index contributed by atoms with van der Waals surface area (Å²) in [6, 6.07) is 4.75. The summed E-state index contributed by atoms with van der Waals surface area (Å²) in [4.78, 5) is 19.3. The number of hydrogen-bond donors (Lipinski definition) is 0. The van der Waals surface area contributed by atoms with Crippen LogP contribution in [0.3, 0.4) is 0 Å². The molecule has 2 bridgehead atoms. The highest BCUT2D eigenvalue weighted by atomic mass is 16.5. The molecule has 1 aromatic heterocycles. The van der Waals surface area contributed by atoms with E-state index in [2.05, 4.69) is 16.0 Å². The summed E-state index contributed by atoms with van der Waals surface area (Å²) in [6.07, 6.45) is 5.87. The molecule has 0 saturated carbocycles. The number of amides is 1. The molecule has 4 heterocycles. The number of ether oxygens (including phenoxy) is 1. The molecule has 19 heavy (non-hydrogen) atoms. The number of pyridine rings is 1. The van der Waals surface area contributed by atoms with Crippen LogP contribution in [0.1, 0.15) is 36.6 Å². The van der Waals surface area contributed by atoms with E-state index in [9.17, 15) is 4.79 Å². The molecular formula is C15H18N2O2. The monoisotopic (exact) mass is 258 g/mol. The zero-order valence-corrected chi connectivity index (χ0v) is 10.9. The van der Waals surface area contributed by atoms with Gasteiger partial charge in [-0.15, -0.1) is 0 Å². The molecule has 100 valence electrons. The van der Waals surface area contributed by atoms with Crippen molar-refractivity contribution < 1.29 is 9.53 Å². The van der Waals surface area contributed by atoms with Crippen LogP contribution >= 0.6 is 0 Å². The number of nitrogens with zero attached hydrogens (tertiary/aromatic N) is 2. The molecule has 4 nitrogen and oxygen atoms in total. The molecule has 3 aliphatic rings. The minimum atomic E-state index is 0.0846. The van der Waals surface area contributed by atoms with Crippen molar-refractivity contribution in [1.82, 2.24) is 9.88 Å². The fraction of sp³-hybridized carbons (Fsp3) is 0.600. The lowest BCUT2D eigenvalue weighted by Crippen LogP contribution is -2.45. The van der Waals surface area contributed by atoms with Crippen LogP contribution < -0.4 is 0 Å². The van der Waals surface area contributed by atoms with E-state index in [1.807, 2.05) is 12.3 Å². The van der Waals surface area contributed by atoms with Gasteiger partial charge in [0.2, 0.25) is 5.91 Å². The summed E-state index contributed by atoms with van der Waals surface area (Å²) in [6.45, 7) is 1.34. The first kappa shape index (κ1) is 11.4. The van der Waals surface area contributed by atoms with E-state index >= 15 is 0 Å². The van der Waals surface area contributed by atoms with Gasteiger partial charge in [0.15, 0.2) is 0 Å². The van der Waals surface area contributed by atoms with Gasteiger partial charge in [-0.2, -0.15) is 0 Å². The second-order valence-electron chi connectivity index (χ2n) is 5.80. The van der Waals surface area contributed by atoms with Gasteiger partial charge in [0, 0.05) is 31.0 Å². The molecule has 0 unspecified atom stereocenters. The number of carbonyl (C=O) groups is 1. The van der Waals surface area contributed by atoms with Crippen LogP contribution in [0.25, 0.3) is 0 Å². The van der Waals surface area contributed by atoms with Gasteiger partial charge in [0.25, 0.3) is 0 Å². The van der Waals surface area contributed by atoms with Crippen LogP contribution in [-0.4, -0.2) is 35.0 Å². The first-order valence-corrected chi connectivity index (χ1v) is 7.18. The summed E-state index contributed by atoms with van der Waals surface area (Å²) >= 11 is 0. The molecule has 1 aromatic rings. The van der Waals surface area contributed by atoms with Gasteiger partial charge in [-0.05, 0) is 30.9 Å². The first-order valence-electron chi connectivity index (χ1n) is 7.18. The predicted octanol–water partition coefficient (Wildman–Crippen LogP) is 1.71. The second-order valence-corrected chi connectivity index (χ2v) is 5.80. The molecule has 0 N–H and O–H groups in total. The maximum Gasteiger partial charge on any atom is 0.228 e. The van der Waals surface area contributed by atoms with Crippen LogP contribution in [0.5, 0.6) is 0 Å². The summed E-state index contributed by atoms with van der Waals surface area (Å²) in [5.74, 6) is 0.390. The number of aromatic nitrogens is 1. The van der Waals surface area contributed by atoms with Crippen molar-refractivity contribution in [1.29, 1.82) is 0 Å². The minimum Gasteiger partial charge on any atom is -0.381 e. The molecule has 3 atom stereocenters. The van der Waals surface area contributed by atoms with Gasteiger partial charge in [-0.25, -0.2) is 0 Å². The van der Waals surface area contributed by atoms with E-state index in [1.165, 1.54) is 11.3 Å². The van der Waals surface area contributed by atoms with Gasteiger partial charge in [0.05, 0.1) is 18.6 Å². The number of fused-ring (bicyclic) bond motifs is 4. The molecule has 4 rings (SSSR count). The van der Waals surface area contributed by atoms with Gasteiger partial charge in [0.1, 0.15) is 0 Å². The summed E-state index contributed by atoms with van der Waals surface area (Å²) in [7, 11) is 0. The van der Waals surface area contributed by atoms with Crippen molar-refractivity contribution in [3.63, 3.8) is 0 Å². The summed E-state index contributed by atoms with van der Waals surface area (Å²) in [5, 5.41) is 0. The molecule has 0 radical (unpaired) electrons. The fourth-order valence-electron chi connectivity index (χ4n) is 3.81. The highest BCUT2D eigenvalue weighted by molar-refractivity contribution is 5.80. The second kappa shape index (κ2) is 4.30. The smallest absolute Gasteiger partial charge is 0.228 e. The van der Waals surface area contributed by atoms with Crippen molar-refractivity contribution in [2.75, 3.05) is 13.2 Å². The van der Waals surface area contributed by atoms with E-state index in [0.29, 0.717) is 18.6 Å². The van der Waals surface area contributed by atoms with Gasteiger partial charge in [-0.3, -0.25) is 9.78 Å². The molecule has 0 aliphatic carbocycles. The van der Waals surface area contributed by atoms with E-state index in [4.69, 9.17) is 4.74 Å². The normalized spacial score (nSPS) is 32.4. The zero-order valence-electron chi connectivity index (χ0n) is 10.9. The Bertz CT molecular complexity index is 511. The largest absolute Gasteiger partial charge is 0.381 e. The van der Waals surface area contributed by atoms with Gasteiger partial charge in [-0.1, -0.05) is 6.07 Å². The van der Waals surface area contributed by atoms with Gasteiger partial charge < -0.3 is 9.64 Å². The van der Waals surface area contributed by atoms with E-state index < -0.39 is 0 Å². The van der Waals surface area contributed by atoms with Crippen LogP contribution in [-0.2, 0) is 16.0 Å². The Kier molecular flexibility index (Phi) is 2.58. The average molecular weight is 258 g/mol. The standard InChI is InChI=1S/C15H18N2O2/c18-15(10-5-7-19-9-10)17-11-3-4-14(17)12-2-1-6-16-13(12)8-11/h1-2,6,10-11,14H,3-5,7-9H2/t10-,11-,14+/m1/s1. The minimum absolute atomic E-state index is 0.0846. The first-order chi connectivity index (χ1) is 9.34. The van der Waals surface area contributed by atoms with Crippen LogP contribution in [0.2, 0.25) is 0 Å². The Morgan fingerprint density at radius 2 is 2.32 bits per heavy atom. The molecule has 1 amide bonds. The highest BCUT2D eigenvalue weighted by Gasteiger charge is 2.45.